The maximum atomic E-state index is 4.20. The van der Waals surface area contributed by atoms with Gasteiger partial charge in [0.1, 0.15) is 0 Å². The van der Waals surface area contributed by atoms with Crippen LogP contribution in [0.3, 0.4) is 0 Å². The predicted molar refractivity (Wildman–Crippen MR) is 85.9 cm³/mol. The van der Waals surface area contributed by atoms with Gasteiger partial charge in [0.2, 0.25) is 0 Å². The Kier molecular flexibility index (Phi) is 6.15. The first-order chi connectivity index (χ1) is 9.83. The van der Waals surface area contributed by atoms with Crippen LogP contribution in [-0.2, 0) is 18.8 Å². The van der Waals surface area contributed by atoms with Gasteiger partial charge in [0.25, 0.3) is 0 Å². The van der Waals surface area contributed by atoms with E-state index in [1.165, 1.54) is 22.6 Å². The first-order valence-corrected chi connectivity index (χ1v) is 8.23. The van der Waals surface area contributed by atoms with Crippen molar-refractivity contribution in [3.63, 3.8) is 0 Å². The quantitative estimate of drug-likeness (QED) is 0.593. The second-order valence-corrected chi connectivity index (χ2v) is 5.83. The molecule has 1 aromatic heterocycles. The van der Waals surface area contributed by atoms with Crippen LogP contribution < -0.4 is 5.32 Å². The Morgan fingerprint density at radius 2 is 2.00 bits per heavy atom. The number of nitrogens with zero attached hydrogens (tertiary/aromatic N) is 2. The minimum Gasteiger partial charge on any atom is -0.334 e. The molecular weight excluding hydrogens is 266 g/mol. The lowest BCUT2D eigenvalue weighted by molar-refractivity contribution is 0.675. The van der Waals surface area contributed by atoms with Gasteiger partial charge in [0.05, 0.1) is 6.33 Å². The fourth-order valence-electron chi connectivity index (χ4n) is 2.02. The van der Waals surface area contributed by atoms with Crippen LogP contribution >= 0.6 is 11.8 Å². The van der Waals surface area contributed by atoms with Gasteiger partial charge in [0.15, 0.2) is 0 Å². The van der Waals surface area contributed by atoms with E-state index in [4.69, 9.17) is 0 Å². The van der Waals surface area contributed by atoms with E-state index in [2.05, 4.69) is 53.0 Å². The average molecular weight is 289 g/mol. The zero-order chi connectivity index (χ0) is 14.2. The molecule has 0 aliphatic heterocycles. The van der Waals surface area contributed by atoms with Crippen molar-refractivity contribution >= 4 is 11.8 Å². The zero-order valence-corrected chi connectivity index (χ0v) is 13.1. The van der Waals surface area contributed by atoms with Crippen LogP contribution in [0.5, 0.6) is 0 Å². The fourth-order valence-corrected chi connectivity index (χ4v) is 2.91. The topological polar surface area (TPSA) is 29.9 Å². The van der Waals surface area contributed by atoms with E-state index in [-0.39, 0.29) is 0 Å². The number of hydrogen-bond donors (Lipinski definition) is 1. The van der Waals surface area contributed by atoms with Crippen LogP contribution in [0.2, 0.25) is 0 Å². The summed E-state index contributed by atoms with van der Waals surface area (Å²) in [5, 5.41) is 3.42. The Bertz CT molecular complexity index is 505. The van der Waals surface area contributed by atoms with Crippen LogP contribution in [-0.4, -0.2) is 16.1 Å². The molecule has 0 amide bonds. The van der Waals surface area contributed by atoms with Gasteiger partial charge < -0.3 is 9.88 Å². The molecule has 2 rings (SSSR count). The van der Waals surface area contributed by atoms with E-state index >= 15 is 0 Å². The lowest BCUT2D eigenvalue weighted by Crippen LogP contribution is -2.13. The Morgan fingerprint density at radius 1 is 1.20 bits per heavy atom. The van der Waals surface area contributed by atoms with Crippen molar-refractivity contribution in [3.05, 3.63) is 48.0 Å². The van der Waals surface area contributed by atoms with Crippen molar-refractivity contribution in [1.29, 1.82) is 0 Å². The third kappa shape index (κ3) is 4.39. The molecule has 0 unspecified atom stereocenters. The highest BCUT2D eigenvalue weighted by atomic mass is 32.2. The van der Waals surface area contributed by atoms with Gasteiger partial charge >= 0.3 is 0 Å². The molecule has 0 radical (unpaired) electrons. The first-order valence-electron chi connectivity index (χ1n) is 7.25. The Balaban J connectivity index is 1.84. The summed E-state index contributed by atoms with van der Waals surface area (Å²) in [6, 6.07) is 8.84. The molecule has 0 spiro atoms. The number of aromatic nitrogens is 2. The molecule has 1 aromatic carbocycles. The molecule has 1 heterocycles. The van der Waals surface area contributed by atoms with E-state index < -0.39 is 0 Å². The van der Waals surface area contributed by atoms with E-state index in [1.54, 1.807) is 0 Å². The van der Waals surface area contributed by atoms with Crippen molar-refractivity contribution in [3.8, 4) is 0 Å². The number of aryl methyl sites for hydroxylation is 1. The van der Waals surface area contributed by atoms with E-state index in [0.29, 0.717) is 0 Å². The molecule has 0 saturated carbocycles. The number of thioether (sulfide) groups is 1. The minimum atomic E-state index is 0.960. The Labute approximate surface area is 125 Å². The summed E-state index contributed by atoms with van der Waals surface area (Å²) >= 11 is 1.86. The van der Waals surface area contributed by atoms with Crippen molar-refractivity contribution in [1.82, 2.24) is 14.9 Å². The van der Waals surface area contributed by atoms with Crippen LogP contribution in [0.15, 0.2) is 41.7 Å². The summed E-state index contributed by atoms with van der Waals surface area (Å²) in [5.74, 6) is 0.973. The monoisotopic (exact) mass is 289 g/mol. The van der Waals surface area contributed by atoms with Crippen LogP contribution in [0.1, 0.15) is 31.5 Å². The summed E-state index contributed by atoms with van der Waals surface area (Å²) in [5.41, 5.74) is 2.63. The lowest BCUT2D eigenvalue weighted by atomic mass is 10.2. The second-order valence-electron chi connectivity index (χ2n) is 4.78. The summed E-state index contributed by atoms with van der Waals surface area (Å²) in [6.07, 6.45) is 5.04. The smallest absolute Gasteiger partial charge is 0.0948 e. The molecule has 0 bridgehead atoms. The first kappa shape index (κ1) is 15.1. The standard InChI is InChI=1S/C16H23N3S/c1-3-9-17-10-14-5-7-16(8-6-14)20-12-15-11-18-13-19(15)4-2/h5-8,11,13,17H,3-4,9-10,12H2,1-2H3. The number of hydrogen-bond acceptors (Lipinski definition) is 3. The molecule has 2 aromatic rings. The van der Waals surface area contributed by atoms with Gasteiger partial charge in [0, 0.05) is 35.6 Å². The molecular formula is C16H23N3S. The largest absolute Gasteiger partial charge is 0.334 e. The molecule has 0 aliphatic rings. The molecule has 0 aliphatic carbocycles. The second kappa shape index (κ2) is 8.12. The van der Waals surface area contributed by atoms with Gasteiger partial charge in [-0.1, -0.05) is 19.1 Å². The van der Waals surface area contributed by atoms with Crippen LogP contribution in [0.25, 0.3) is 0 Å². The SMILES string of the molecule is CCCNCc1ccc(SCc2cncn2CC)cc1. The summed E-state index contributed by atoms with van der Waals surface area (Å²) in [6.45, 7) is 7.36. The van der Waals surface area contributed by atoms with Crippen molar-refractivity contribution in [2.24, 2.45) is 0 Å². The average Bonchev–Trinajstić information content (AvgIpc) is 2.94. The highest BCUT2D eigenvalue weighted by molar-refractivity contribution is 7.98. The summed E-state index contributed by atoms with van der Waals surface area (Å²) in [4.78, 5) is 5.52. The molecule has 108 valence electrons. The Hall–Kier alpha value is -1.26. The van der Waals surface area contributed by atoms with Gasteiger partial charge in [-0.25, -0.2) is 4.98 Å². The number of rotatable bonds is 8. The normalized spacial score (nSPS) is 10.9. The molecule has 1 N–H and O–H groups in total. The fraction of sp³-hybridized carbons (Fsp3) is 0.438. The van der Waals surface area contributed by atoms with Crippen molar-refractivity contribution < 1.29 is 0 Å². The van der Waals surface area contributed by atoms with Crippen molar-refractivity contribution in [2.45, 2.75) is 44.0 Å². The minimum absolute atomic E-state index is 0.960. The van der Waals surface area contributed by atoms with Gasteiger partial charge in [-0.3, -0.25) is 0 Å². The van der Waals surface area contributed by atoms with Crippen molar-refractivity contribution in [2.75, 3.05) is 6.54 Å². The van der Waals surface area contributed by atoms with Gasteiger partial charge in [-0.15, -0.1) is 11.8 Å². The summed E-state index contributed by atoms with van der Waals surface area (Å²) in [7, 11) is 0. The molecule has 0 saturated heterocycles. The predicted octanol–water partition coefficient (Wildman–Crippen LogP) is 3.69. The van der Waals surface area contributed by atoms with E-state index in [1.807, 2.05) is 24.3 Å². The molecule has 3 nitrogen and oxygen atoms in total. The highest BCUT2D eigenvalue weighted by Crippen LogP contribution is 2.23. The third-order valence-corrected chi connectivity index (χ3v) is 4.25. The molecule has 4 heteroatoms. The Morgan fingerprint density at radius 3 is 2.70 bits per heavy atom. The van der Waals surface area contributed by atoms with Crippen LogP contribution in [0.4, 0.5) is 0 Å². The van der Waals surface area contributed by atoms with Crippen LogP contribution in [0, 0.1) is 0 Å². The maximum Gasteiger partial charge on any atom is 0.0948 e. The van der Waals surface area contributed by atoms with Gasteiger partial charge in [-0.2, -0.15) is 0 Å². The molecule has 20 heavy (non-hydrogen) atoms. The number of benzene rings is 1. The molecule has 0 fully saturated rings. The van der Waals surface area contributed by atoms with Gasteiger partial charge in [-0.05, 0) is 37.6 Å². The lowest BCUT2D eigenvalue weighted by Gasteiger charge is -2.07. The number of nitrogens with one attached hydrogen (secondary N) is 1. The highest BCUT2D eigenvalue weighted by Gasteiger charge is 2.02. The maximum absolute atomic E-state index is 4.20. The third-order valence-electron chi connectivity index (χ3n) is 3.21. The molecule has 0 atom stereocenters. The van der Waals surface area contributed by atoms with E-state index in [0.717, 1.165) is 25.4 Å². The number of imidazole rings is 1. The summed E-state index contributed by atoms with van der Waals surface area (Å²) < 4.78 is 2.19. The van der Waals surface area contributed by atoms with E-state index in [9.17, 15) is 0 Å². The zero-order valence-electron chi connectivity index (χ0n) is 12.3.